The molecule has 104 valence electrons. The van der Waals surface area contributed by atoms with Crippen molar-refractivity contribution in [1.82, 2.24) is 0 Å². The van der Waals surface area contributed by atoms with Crippen LogP contribution in [0.3, 0.4) is 0 Å². The molecule has 1 rings (SSSR count). The number of ether oxygens (including phenoxy) is 3. The summed E-state index contributed by atoms with van der Waals surface area (Å²) in [5.74, 6) is 0.511. The van der Waals surface area contributed by atoms with Crippen molar-refractivity contribution in [1.29, 1.82) is 0 Å². The van der Waals surface area contributed by atoms with Crippen LogP contribution in [0.2, 0.25) is 0 Å². The zero-order valence-electron chi connectivity index (χ0n) is 11.6. The van der Waals surface area contributed by atoms with Crippen LogP contribution in [0, 0.1) is 0 Å². The Balaban J connectivity index is 2.67. The van der Waals surface area contributed by atoms with E-state index < -0.39 is 0 Å². The van der Waals surface area contributed by atoms with Crippen molar-refractivity contribution in [2.45, 2.75) is 20.5 Å². The summed E-state index contributed by atoms with van der Waals surface area (Å²) >= 11 is 0. The Hall–Kier alpha value is -1.81. The van der Waals surface area contributed by atoms with Crippen LogP contribution in [-0.2, 0) is 20.9 Å². The molecule has 0 fully saturated rings. The monoisotopic (exact) mass is 264 g/mol. The molecule has 19 heavy (non-hydrogen) atoms. The van der Waals surface area contributed by atoms with Gasteiger partial charge in [-0.3, -0.25) is 4.79 Å². The molecule has 0 saturated carbocycles. The summed E-state index contributed by atoms with van der Waals surface area (Å²) in [5.41, 5.74) is 2.01. The molecule has 0 N–H and O–H groups in total. The molecule has 0 atom stereocenters. The highest BCUT2D eigenvalue weighted by molar-refractivity contribution is 5.66. The van der Waals surface area contributed by atoms with Gasteiger partial charge in [0.05, 0.1) is 13.7 Å². The summed E-state index contributed by atoms with van der Waals surface area (Å²) in [6.07, 6.45) is 3.67. The smallest absolute Gasteiger partial charge is 0.302 e. The first kappa shape index (κ1) is 15.2. The molecule has 4 nitrogen and oxygen atoms in total. The molecule has 0 unspecified atom stereocenters. The lowest BCUT2D eigenvalue weighted by atomic mass is 10.1. The van der Waals surface area contributed by atoms with Gasteiger partial charge >= 0.3 is 5.97 Å². The van der Waals surface area contributed by atoms with E-state index >= 15 is 0 Å². The van der Waals surface area contributed by atoms with Gasteiger partial charge < -0.3 is 14.2 Å². The van der Waals surface area contributed by atoms with Crippen molar-refractivity contribution in [2.24, 2.45) is 0 Å². The van der Waals surface area contributed by atoms with Gasteiger partial charge in [-0.2, -0.15) is 0 Å². The Morgan fingerprint density at radius 1 is 1.37 bits per heavy atom. The van der Waals surface area contributed by atoms with Crippen molar-refractivity contribution in [3.63, 3.8) is 0 Å². The van der Waals surface area contributed by atoms with E-state index in [0.717, 1.165) is 16.9 Å². The first-order valence-electron chi connectivity index (χ1n) is 6.22. The molecule has 0 heterocycles. The summed E-state index contributed by atoms with van der Waals surface area (Å²) in [6, 6.07) is 5.87. The molecule has 0 aliphatic carbocycles. The molecule has 0 aliphatic rings. The largest absolute Gasteiger partial charge is 0.496 e. The second-order valence-electron chi connectivity index (χ2n) is 3.91. The second kappa shape index (κ2) is 8.32. The minimum Gasteiger partial charge on any atom is -0.496 e. The first-order chi connectivity index (χ1) is 9.17. The molecule has 0 amide bonds. The van der Waals surface area contributed by atoms with Crippen LogP contribution in [0.15, 0.2) is 24.3 Å². The predicted octanol–water partition coefficient (Wildman–Crippen LogP) is 2.81. The summed E-state index contributed by atoms with van der Waals surface area (Å²) in [6.45, 7) is 4.83. The Bertz CT molecular complexity index is 438. The first-order valence-corrected chi connectivity index (χ1v) is 6.22. The van der Waals surface area contributed by atoms with E-state index in [-0.39, 0.29) is 12.6 Å². The molecule has 0 aliphatic heterocycles. The lowest BCUT2D eigenvalue weighted by Crippen LogP contribution is -1.98. The molecule has 1 aromatic carbocycles. The third-order valence-corrected chi connectivity index (χ3v) is 2.47. The van der Waals surface area contributed by atoms with Gasteiger partial charge in [0, 0.05) is 19.1 Å². The average molecular weight is 264 g/mol. The maximum atomic E-state index is 10.6. The fourth-order valence-electron chi connectivity index (χ4n) is 1.55. The van der Waals surface area contributed by atoms with Crippen LogP contribution in [0.4, 0.5) is 0 Å². The van der Waals surface area contributed by atoms with Gasteiger partial charge in [-0.15, -0.1) is 0 Å². The molecule has 0 spiro atoms. The fraction of sp³-hybridized carbons (Fsp3) is 0.400. The third kappa shape index (κ3) is 5.57. The number of carbonyl (C=O) groups is 1. The summed E-state index contributed by atoms with van der Waals surface area (Å²) in [7, 11) is 1.64. The van der Waals surface area contributed by atoms with Crippen molar-refractivity contribution < 1.29 is 19.0 Å². The van der Waals surface area contributed by atoms with Crippen molar-refractivity contribution in [3.8, 4) is 5.75 Å². The lowest BCUT2D eigenvalue weighted by Gasteiger charge is -2.09. The van der Waals surface area contributed by atoms with Crippen LogP contribution in [0.1, 0.15) is 25.0 Å². The van der Waals surface area contributed by atoms with Crippen LogP contribution in [0.5, 0.6) is 5.75 Å². The van der Waals surface area contributed by atoms with Crippen molar-refractivity contribution >= 4 is 12.0 Å². The Morgan fingerprint density at radius 3 is 2.79 bits per heavy atom. The van der Waals surface area contributed by atoms with Crippen molar-refractivity contribution in [3.05, 3.63) is 35.4 Å². The maximum absolute atomic E-state index is 10.6. The molecule has 0 radical (unpaired) electrons. The lowest BCUT2D eigenvalue weighted by molar-refractivity contribution is -0.139. The quantitative estimate of drug-likeness (QED) is 0.710. The predicted molar refractivity (Wildman–Crippen MR) is 74.0 cm³/mol. The van der Waals surface area contributed by atoms with E-state index in [9.17, 15) is 4.79 Å². The summed E-state index contributed by atoms with van der Waals surface area (Å²) in [4.78, 5) is 10.6. The van der Waals surface area contributed by atoms with E-state index in [0.29, 0.717) is 13.2 Å². The van der Waals surface area contributed by atoms with Crippen LogP contribution in [0.25, 0.3) is 6.08 Å². The standard InChI is InChI=1S/C15H20O4/c1-4-18-11-14-8-7-13(10-15(14)17-3)6-5-9-19-12(2)16/h5-8,10H,4,9,11H2,1-3H3/b6-5-. The van der Waals surface area contributed by atoms with Gasteiger partial charge in [0.1, 0.15) is 12.4 Å². The molecule has 0 aromatic heterocycles. The van der Waals surface area contributed by atoms with E-state index in [1.165, 1.54) is 6.92 Å². The van der Waals surface area contributed by atoms with E-state index in [1.807, 2.05) is 31.2 Å². The number of hydrogen-bond donors (Lipinski definition) is 0. The number of esters is 1. The van der Waals surface area contributed by atoms with Crippen LogP contribution in [-0.4, -0.2) is 26.3 Å². The summed E-state index contributed by atoms with van der Waals surface area (Å²) in [5, 5.41) is 0. The topological polar surface area (TPSA) is 44.8 Å². The minimum absolute atomic E-state index is 0.276. The van der Waals surface area contributed by atoms with Gasteiger partial charge in [-0.05, 0) is 24.6 Å². The van der Waals surface area contributed by atoms with Gasteiger partial charge in [-0.1, -0.05) is 18.2 Å². The highest BCUT2D eigenvalue weighted by Gasteiger charge is 2.03. The Morgan fingerprint density at radius 2 is 2.16 bits per heavy atom. The molecular formula is C15H20O4. The van der Waals surface area contributed by atoms with E-state index in [1.54, 1.807) is 13.2 Å². The zero-order chi connectivity index (χ0) is 14.1. The molecule has 0 bridgehead atoms. The molecule has 4 heteroatoms. The number of methoxy groups -OCH3 is 1. The molecule has 0 saturated heterocycles. The van der Waals surface area contributed by atoms with Gasteiger partial charge in [0.25, 0.3) is 0 Å². The highest BCUT2D eigenvalue weighted by atomic mass is 16.5. The zero-order valence-corrected chi connectivity index (χ0v) is 11.6. The minimum atomic E-state index is -0.283. The molecular weight excluding hydrogens is 244 g/mol. The van der Waals surface area contributed by atoms with Crippen LogP contribution < -0.4 is 4.74 Å². The second-order valence-corrected chi connectivity index (χ2v) is 3.91. The Labute approximate surface area is 114 Å². The van der Waals surface area contributed by atoms with Gasteiger partial charge in [-0.25, -0.2) is 0 Å². The number of hydrogen-bond acceptors (Lipinski definition) is 4. The highest BCUT2D eigenvalue weighted by Crippen LogP contribution is 2.21. The van der Waals surface area contributed by atoms with E-state index in [4.69, 9.17) is 14.2 Å². The molecule has 1 aromatic rings. The summed E-state index contributed by atoms with van der Waals surface area (Å²) < 4.78 is 15.5. The van der Waals surface area contributed by atoms with E-state index in [2.05, 4.69) is 0 Å². The number of carbonyl (C=O) groups excluding carboxylic acids is 1. The number of benzene rings is 1. The van der Waals surface area contributed by atoms with Gasteiger partial charge in [0.15, 0.2) is 0 Å². The Kier molecular flexibility index (Phi) is 6.68. The average Bonchev–Trinajstić information content (AvgIpc) is 2.41. The van der Waals surface area contributed by atoms with Crippen molar-refractivity contribution in [2.75, 3.05) is 20.3 Å². The van der Waals surface area contributed by atoms with Crippen LogP contribution >= 0.6 is 0 Å². The van der Waals surface area contributed by atoms with Gasteiger partial charge in [0.2, 0.25) is 0 Å². The maximum Gasteiger partial charge on any atom is 0.302 e. The third-order valence-electron chi connectivity index (χ3n) is 2.47. The normalized spacial score (nSPS) is 10.7. The fourth-order valence-corrected chi connectivity index (χ4v) is 1.55. The number of rotatable bonds is 7. The SMILES string of the molecule is CCOCc1ccc(/C=C\COC(C)=O)cc1OC.